The van der Waals surface area contributed by atoms with Gasteiger partial charge in [-0.05, 0) is 31.9 Å². The first-order valence-electron chi connectivity index (χ1n) is 5.24. The minimum Gasteiger partial charge on any atom is -0.303 e. The van der Waals surface area contributed by atoms with E-state index in [1.54, 1.807) is 0 Å². The maximum atomic E-state index is 10.9. The summed E-state index contributed by atoms with van der Waals surface area (Å²) in [5, 5.41) is 0. The van der Waals surface area contributed by atoms with Crippen molar-refractivity contribution in [2.24, 2.45) is 0 Å². The molecule has 1 aliphatic carbocycles. The first-order chi connectivity index (χ1) is 7.31. The van der Waals surface area contributed by atoms with E-state index in [1.807, 2.05) is 25.3 Å². The highest BCUT2D eigenvalue weighted by Gasteiger charge is 2.28. The van der Waals surface area contributed by atoms with Crippen LogP contribution in [0, 0.1) is 6.92 Å². The molecule has 0 N–H and O–H groups in total. The molecule has 2 aromatic rings. The van der Waals surface area contributed by atoms with Crippen LogP contribution < -0.4 is 0 Å². The van der Waals surface area contributed by atoms with Gasteiger partial charge in [0.05, 0.1) is 11.2 Å². The largest absolute Gasteiger partial charge is 0.303 e. The summed E-state index contributed by atoms with van der Waals surface area (Å²) >= 11 is 0. The molecule has 3 heteroatoms. The molecule has 3 rings (SSSR count). The van der Waals surface area contributed by atoms with Gasteiger partial charge in [0.25, 0.3) is 0 Å². The molecule has 0 saturated heterocycles. The Bertz CT molecular complexity index is 538. The second-order valence-electron chi connectivity index (χ2n) is 4.13. The van der Waals surface area contributed by atoms with Crippen molar-refractivity contribution in [3.8, 4) is 0 Å². The number of aldehydes is 1. The molecular weight excluding hydrogens is 188 g/mol. The quantitative estimate of drug-likeness (QED) is 0.697. The molecule has 2 heterocycles. The molecule has 0 atom stereocenters. The predicted octanol–water partition coefficient (Wildman–Crippen LogP) is 2.33. The smallest absolute Gasteiger partial charge is 0.152 e. The molecule has 3 nitrogen and oxygen atoms in total. The Balaban J connectivity index is 2.36. The SMILES string of the molecule is Cc1nc(C2CC2)n2cccc(C=O)c12. The number of aryl methyl sites for hydroxylation is 1. The molecule has 1 fully saturated rings. The van der Waals surface area contributed by atoms with Crippen molar-refractivity contribution < 1.29 is 4.79 Å². The molecule has 0 bridgehead atoms. The number of rotatable bonds is 2. The van der Waals surface area contributed by atoms with Crippen LogP contribution in [0.1, 0.15) is 40.6 Å². The minimum absolute atomic E-state index is 0.605. The molecule has 0 amide bonds. The Morgan fingerprint density at radius 3 is 3.00 bits per heavy atom. The first-order valence-corrected chi connectivity index (χ1v) is 5.24. The Hall–Kier alpha value is -1.64. The fourth-order valence-corrected chi connectivity index (χ4v) is 2.10. The third-order valence-corrected chi connectivity index (χ3v) is 2.97. The van der Waals surface area contributed by atoms with Gasteiger partial charge in [-0.1, -0.05) is 0 Å². The molecule has 1 aliphatic rings. The van der Waals surface area contributed by atoms with E-state index >= 15 is 0 Å². The highest BCUT2D eigenvalue weighted by atomic mass is 16.1. The third-order valence-electron chi connectivity index (χ3n) is 2.97. The number of hydrogen-bond acceptors (Lipinski definition) is 2. The van der Waals surface area contributed by atoms with E-state index in [0.29, 0.717) is 5.92 Å². The summed E-state index contributed by atoms with van der Waals surface area (Å²) in [6.07, 6.45) is 5.35. The van der Waals surface area contributed by atoms with Crippen LogP contribution >= 0.6 is 0 Å². The van der Waals surface area contributed by atoms with E-state index in [4.69, 9.17) is 0 Å². The molecule has 0 spiro atoms. The lowest BCUT2D eigenvalue weighted by Gasteiger charge is -2.00. The van der Waals surface area contributed by atoms with Gasteiger partial charge in [-0.25, -0.2) is 4.98 Å². The van der Waals surface area contributed by atoms with Crippen molar-refractivity contribution >= 4 is 11.8 Å². The predicted molar refractivity (Wildman–Crippen MR) is 57.3 cm³/mol. The molecule has 0 unspecified atom stereocenters. The lowest BCUT2D eigenvalue weighted by atomic mass is 10.2. The zero-order chi connectivity index (χ0) is 10.4. The van der Waals surface area contributed by atoms with Crippen molar-refractivity contribution in [3.63, 3.8) is 0 Å². The molecule has 0 radical (unpaired) electrons. The van der Waals surface area contributed by atoms with E-state index in [0.717, 1.165) is 28.9 Å². The number of nitrogens with zero attached hydrogens (tertiary/aromatic N) is 2. The van der Waals surface area contributed by atoms with Gasteiger partial charge in [0.1, 0.15) is 5.82 Å². The lowest BCUT2D eigenvalue weighted by molar-refractivity contribution is 0.112. The molecule has 0 aliphatic heterocycles. The molecule has 0 aromatic carbocycles. The zero-order valence-corrected chi connectivity index (χ0v) is 8.60. The number of pyridine rings is 1. The van der Waals surface area contributed by atoms with Crippen molar-refractivity contribution in [2.75, 3.05) is 0 Å². The first kappa shape index (κ1) is 8.65. The monoisotopic (exact) mass is 200 g/mol. The zero-order valence-electron chi connectivity index (χ0n) is 8.60. The fraction of sp³-hybridized carbons (Fsp3) is 0.333. The number of hydrogen-bond donors (Lipinski definition) is 0. The van der Waals surface area contributed by atoms with Gasteiger partial charge in [-0.3, -0.25) is 4.79 Å². The highest BCUT2D eigenvalue weighted by Crippen LogP contribution is 2.40. The maximum absolute atomic E-state index is 10.9. The van der Waals surface area contributed by atoms with E-state index < -0.39 is 0 Å². The number of aromatic nitrogens is 2. The third kappa shape index (κ3) is 1.19. The van der Waals surface area contributed by atoms with Crippen molar-refractivity contribution in [1.82, 2.24) is 9.38 Å². The maximum Gasteiger partial charge on any atom is 0.152 e. The van der Waals surface area contributed by atoms with E-state index in [-0.39, 0.29) is 0 Å². The molecule has 15 heavy (non-hydrogen) atoms. The van der Waals surface area contributed by atoms with E-state index in [9.17, 15) is 4.79 Å². The van der Waals surface area contributed by atoms with Crippen LogP contribution in [0.25, 0.3) is 5.52 Å². The molecule has 1 saturated carbocycles. The van der Waals surface area contributed by atoms with Crippen LogP contribution in [0.3, 0.4) is 0 Å². The topological polar surface area (TPSA) is 34.4 Å². The average molecular weight is 200 g/mol. The van der Waals surface area contributed by atoms with Gasteiger partial charge >= 0.3 is 0 Å². The van der Waals surface area contributed by atoms with Gasteiger partial charge in [0.15, 0.2) is 6.29 Å². The summed E-state index contributed by atoms with van der Waals surface area (Å²) in [6.45, 7) is 1.97. The van der Waals surface area contributed by atoms with Crippen LogP contribution in [0.2, 0.25) is 0 Å². The summed E-state index contributed by atoms with van der Waals surface area (Å²) in [5.74, 6) is 1.72. The van der Waals surface area contributed by atoms with Crippen LogP contribution in [0.5, 0.6) is 0 Å². The van der Waals surface area contributed by atoms with Crippen LogP contribution in [0.4, 0.5) is 0 Å². The van der Waals surface area contributed by atoms with Gasteiger partial charge in [-0.2, -0.15) is 0 Å². The van der Waals surface area contributed by atoms with Gasteiger partial charge in [0, 0.05) is 17.7 Å². The number of imidazole rings is 1. The van der Waals surface area contributed by atoms with Crippen molar-refractivity contribution in [3.05, 3.63) is 35.4 Å². The van der Waals surface area contributed by atoms with Crippen LogP contribution in [-0.4, -0.2) is 15.7 Å². The summed E-state index contributed by atoms with van der Waals surface area (Å²) in [7, 11) is 0. The summed E-state index contributed by atoms with van der Waals surface area (Å²) in [4.78, 5) is 15.5. The highest BCUT2D eigenvalue weighted by molar-refractivity contribution is 5.87. The number of fused-ring (bicyclic) bond motifs is 1. The van der Waals surface area contributed by atoms with Crippen molar-refractivity contribution in [1.29, 1.82) is 0 Å². The molecular formula is C12H12N2O. The van der Waals surface area contributed by atoms with Gasteiger partial charge < -0.3 is 4.40 Å². The lowest BCUT2D eigenvalue weighted by Crippen LogP contribution is -1.93. The second-order valence-corrected chi connectivity index (χ2v) is 4.13. The summed E-state index contributed by atoms with van der Waals surface area (Å²) in [5.41, 5.74) is 2.66. The second kappa shape index (κ2) is 2.92. The normalized spacial score (nSPS) is 15.8. The Morgan fingerprint density at radius 2 is 2.33 bits per heavy atom. The molecule has 76 valence electrons. The number of carbonyl (C=O) groups is 1. The van der Waals surface area contributed by atoms with Crippen LogP contribution in [0.15, 0.2) is 18.3 Å². The van der Waals surface area contributed by atoms with Crippen LogP contribution in [-0.2, 0) is 0 Å². The minimum atomic E-state index is 0.605. The number of carbonyl (C=O) groups excluding carboxylic acids is 1. The van der Waals surface area contributed by atoms with Crippen molar-refractivity contribution in [2.45, 2.75) is 25.7 Å². The Kier molecular flexibility index (Phi) is 1.69. The summed E-state index contributed by atoms with van der Waals surface area (Å²) in [6, 6.07) is 3.75. The fourth-order valence-electron chi connectivity index (χ4n) is 2.10. The average Bonchev–Trinajstić information content (AvgIpc) is 3.04. The molecule has 2 aromatic heterocycles. The van der Waals surface area contributed by atoms with E-state index in [1.165, 1.54) is 12.8 Å². The van der Waals surface area contributed by atoms with Gasteiger partial charge in [-0.15, -0.1) is 0 Å². The standard InChI is InChI=1S/C12H12N2O/c1-8-11-10(7-15)3-2-6-14(11)12(13-8)9-4-5-9/h2-3,6-7,9H,4-5H2,1H3. The Morgan fingerprint density at radius 1 is 1.53 bits per heavy atom. The van der Waals surface area contributed by atoms with Gasteiger partial charge in [0.2, 0.25) is 0 Å². The van der Waals surface area contributed by atoms with E-state index in [2.05, 4.69) is 9.38 Å². The Labute approximate surface area is 87.7 Å². The summed E-state index contributed by atoms with van der Waals surface area (Å²) < 4.78 is 2.07.